The normalized spacial score (nSPS) is 16.4. The minimum absolute atomic E-state index is 0.291. The van der Waals surface area contributed by atoms with Crippen LogP contribution in [0.5, 0.6) is 0 Å². The number of benzene rings is 2. The zero-order valence-electron chi connectivity index (χ0n) is 14.8. The molecule has 0 spiro atoms. The molecule has 1 saturated heterocycles. The van der Waals surface area contributed by atoms with Gasteiger partial charge in [-0.3, -0.25) is 4.90 Å². The van der Waals surface area contributed by atoms with Crippen LogP contribution in [0, 0.1) is 5.82 Å². The largest absolute Gasteiger partial charge is 0.379 e. The van der Waals surface area contributed by atoms with Gasteiger partial charge in [0.25, 0.3) is 0 Å². The fourth-order valence-electron chi connectivity index (χ4n) is 3.27. The highest BCUT2D eigenvalue weighted by Crippen LogP contribution is 2.31. The van der Waals surface area contributed by atoms with Gasteiger partial charge in [0.05, 0.1) is 13.2 Å². The van der Waals surface area contributed by atoms with E-state index in [4.69, 9.17) is 15.0 Å². The van der Waals surface area contributed by atoms with Gasteiger partial charge in [0, 0.05) is 30.8 Å². The molecular formula is C20H21FN4O2. The van der Waals surface area contributed by atoms with E-state index < -0.39 is 6.04 Å². The van der Waals surface area contributed by atoms with Crippen LogP contribution in [0.4, 0.5) is 4.39 Å². The Morgan fingerprint density at radius 2 is 1.81 bits per heavy atom. The number of aromatic nitrogens is 2. The molecule has 1 aliphatic rings. The molecule has 1 unspecified atom stereocenters. The minimum Gasteiger partial charge on any atom is -0.379 e. The van der Waals surface area contributed by atoms with Gasteiger partial charge in [-0.15, -0.1) is 0 Å². The number of nitrogens with zero attached hydrogens (tertiary/aromatic N) is 3. The van der Waals surface area contributed by atoms with Crippen molar-refractivity contribution in [3.63, 3.8) is 0 Å². The second kappa shape index (κ2) is 7.96. The number of nitrogens with two attached hydrogens (primary N) is 1. The Balaban J connectivity index is 1.70. The first-order valence-corrected chi connectivity index (χ1v) is 8.95. The molecule has 140 valence electrons. The summed E-state index contributed by atoms with van der Waals surface area (Å²) in [5.41, 5.74) is 8.02. The third-order valence-corrected chi connectivity index (χ3v) is 4.73. The second-order valence-electron chi connectivity index (χ2n) is 6.43. The summed E-state index contributed by atoms with van der Waals surface area (Å²) in [7, 11) is 0. The molecule has 1 fully saturated rings. The third-order valence-electron chi connectivity index (χ3n) is 4.73. The quantitative estimate of drug-likeness (QED) is 0.746. The van der Waals surface area contributed by atoms with Crippen molar-refractivity contribution in [1.82, 2.24) is 15.0 Å². The van der Waals surface area contributed by atoms with E-state index in [1.165, 1.54) is 6.07 Å². The minimum atomic E-state index is -0.445. The van der Waals surface area contributed by atoms with Crippen molar-refractivity contribution in [2.75, 3.05) is 26.3 Å². The van der Waals surface area contributed by atoms with Gasteiger partial charge in [0.15, 0.2) is 0 Å². The molecule has 2 heterocycles. The van der Waals surface area contributed by atoms with Crippen LogP contribution in [0.2, 0.25) is 0 Å². The van der Waals surface area contributed by atoms with Crippen molar-refractivity contribution in [2.45, 2.75) is 12.6 Å². The van der Waals surface area contributed by atoms with Crippen molar-refractivity contribution in [2.24, 2.45) is 5.73 Å². The highest BCUT2D eigenvalue weighted by molar-refractivity contribution is 5.54. The fourth-order valence-corrected chi connectivity index (χ4v) is 3.27. The Kier molecular flexibility index (Phi) is 5.24. The molecule has 6 nitrogen and oxygen atoms in total. The van der Waals surface area contributed by atoms with E-state index in [0.717, 1.165) is 11.1 Å². The average molecular weight is 368 g/mol. The van der Waals surface area contributed by atoms with Crippen LogP contribution in [-0.4, -0.2) is 41.3 Å². The number of halogens is 1. The maximum atomic E-state index is 14.5. The summed E-state index contributed by atoms with van der Waals surface area (Å²) in [6.07, 6.45) is 0. The smallest absolute Gasteiger partial charge is 0.249 e. The summed E-state index contributed by atoms with van der Waals surface area (Å²) in [4.78, 5) is 6.68. The summed E-state index contributed by atoms with van der Waals surface area (Å²) in [6, 6.07) is 13.9. The Morgan fingerprint density at radius 1 is 1.07 bits per heavy atom. The van der Waals surface area contributed by atoms with Crippen molar-refractivity contribution in [3.8, 4) is 11.4 Å². The lowest BCUT2D eigenvalue weighted by Crippen LogP contribution is -2.40. The predicted molar refractivity (Wildman–Crippen MR) is 98.3 cm³/mol. The Labute approximate surface area is 156 Å². The van der Waals surface area contributed by atoms with Crippen LogP contribution >= 0.6 is 0 Å². The van der Waals surface area contributed by atoms with Gasteiger partial charge in [-0.25, -0.2) is 4.39 Å². The molecule has 7 heteroatoms. The van der Waals surface area contributed by atoms with E-state index in [-0.39, 0.29) is 5.82 Å². The van der Waals surface area contributed by atoms with E-state index in [9.17, 15) is 4.39 Å². The van der Waals surface area contributed by atoms with Crippen molar-refractivity contribution < 1.29 is 13.7 Å². The van der Waals surface area contributed by atoms with Crippen LogP contribution in [0.1, 0.15) is 23.1 Å². The molecule has 1 aliphatic heterocycles. The van der Waals surface area contributed by atoms with E-state index >= 15 is 0 Å². The number of rotatable bonds is 5. The molecular weight excluding hydrogens is 347 g/mol. The Morgan fingerprint density at radius 3 is 2.52 bits per heavy atom. The second-order valence-corrected chi connectivity index (χ2v) is 6.43. The number of morpholine rings is 1. The molecule has 0 amide bonds. The van der Waals surface area contributed by atoms with Gasteiger partial charge in [-0.05, 0) is 11.6 Å². The van der Waals surface area contributed by atoms with E-state index in [0.29, 0.717) is 50.1 Å². The lowest BCUT2D eigenvalue weighted by atomic mass is 10.0. The molecule has 0 saturated carbocycles. The molecule has 1 atom stereocenters. The highest BCUT2D eigenvalue weighted by Gasteiger charge is 2.31. The van der Waals surface area contributed by atoms with Crippen LogP contribution in [0.15, 0.2) is 53.1 Å². The monoisotopic (exact) mass is 368 g/mol. The molecule has 3 aromatic rings. The summed E-state index contributed by atoms with van der Waals surface area (Å²) < 4.78 is 25.5. The topological polar surface area (TPSA) is 77.4 Å². The van der Waals surface area contributed by atoms with Crippen molar-refractivity contribution in [3.05, 3.63) is 71.4 Å². The standard InChI is InChI=1S/C20H21FN4O2/c21-17-4-2-1-3-16(17)18(25-9-11-26-12-10-25)20-23-19(24-27-20)15-7-5-14(13-22)6-8-15/h1-8,18H,9-13,22H2. The first-order chi connectivity index (χ1) is 13.3. The maximum absolute atomic E-state index is 14.5. The van der Waals surface area contributed by atoms with Crippen molar-refractivity contribution in [1.29, 1.82) is 0 Å². The first kappa shape index (κ1) is 17.8. The van der Waals surface area contributed by atoms with E-state index in [1.54, 1.807) is 12.1 Å². The summed E-state index contributed by atoms with van der Waals surface area (Å²) in [5.74, 6) is 0.559. The van der Waals surface area contributed by atoms with Crippen molar-refractivity contribution >= 4 is 0 Å². The molecule has 2 N–H and O–H groups in total. The number of ether oxygens (including phenoxy) is 1. The SMILES string of the molecule is NCc1ccc(-c2noc(C(c3ccccc3F)N3CCOCC3)n2)cc1. The van der Waals surface area contributed by atoms with Crippen LogP contribution in [0.25, 0.3) is 11.4 Å². The predicted octanol–water partition coefficient (Wildman–Crippen LogP) is 2.76. The van der Waals surface area contributed by atoms with Crippen LogP contribution in [0.3, 0.4) is 0 Å². The average Bonchev–Trinajstić information content (AvgIpc) is 3.20. The molecule has 0 bridgehead atoms. The van der Waals surface area contributed by atoms with Gasteiger partial charge in [0.2, 0.25) is 11.7 Å². The fraction of sp³-hybridized carbons (Fsp3) is 0.300. The van der Waals surface area contributed by atoms with E-state index in [1.807, 2.05) is 30.3 Å². The highest BCUT2D eigenvalue weighted by atomic mass is 19.1. The number of hydrogen-bond donors (Lipinski definition) is 1. The maximum Gasteiger partial charge on any atom is 0.249 e. The van der Waals surface area contributed by atoms with Gasteiger partial charge >= 0.3 is 0 Å². The van der Waals surface area contributed by atoms with Gasteiger partial charge in [0.1, 0.15) is 11.9 Å². The van der Waals surface area contributed by atoms with E-state index in [2.05, 4.69) is 15.0 Å². The lowest BCUT2D eigenvalue weighted by Gasteiger charge is -2.32. The molecule has 4 rings (SSSR count). The Bertz CT molecular complexity index is 891. The molecule has 0 aliphatic carbocycles. The summed E-state index contributed by atoms with van der Waals surface area (Å²) in [5, 5.41) is 4.12. The molecule has 0 radical (unpaired) electrons. The molecule has 2 aromatic carbocycles. The van der Waals surface area contributed by atoms with Gasteiger partial charge in [-0.2, -0.15) is 4.98 Å². The third kappa shape index (κ3) is 3.75. The zero-order chi connectivity index (χ0) is 18.6. The summed E-state index contributed by atoms with van der Waals surface area (Å²) in [6.45, 7) is 2.99. The number of hydrogen-bond acceptors (Lipinski definition) is 6. The Hall–Kier alpha value is -2.61. The lowest BCUT2D eigenvalue weighted by molar-refractivity contribution is 0.0174. The van der Waals surface area contributed by atoms with Gasteiger partial charge in [-0.1, -0.05) is 47.6 Å². The van der Waals surface area contributed by atoms with Gasteiger partial charge < -0.3 is 15.0 Å². The van der Waals surface area contributed by atoms with Crippen LogP contribution < -0.4 is 5.73 Å². The first-order valence-electron chi connectivity index (χ1n) is 8.95. The zero-order valence-corrected chi connectivity index (χ0v) is 14.8. The molecule has 27 heavy (non-hydrogen) atoms. The molecule has 1 aromatic heterocycles. The summed E-state index contributed by atoms with van der Waals surface area (Å²) >= 11 is 0. The van der Waals surface area contributed by atoms with Crippen LogP contribution in [-0.2, 0) is 11.3 Å².